The van der Waals surface area contributed by atoms with E-state index in [1.807, 2.05) is 30.3 Å². The number of ether oxygens (including phenoxy) is 2. The summed E-state index contributed by atoms with van der Waals surface area (Å²) in [7, 11) is 0. The van der Waals surface area contributed by atoms with Crippen molar-refractivity contribution in [2.24, 2.45) is 0 Å². The number of aliphatic hydroxyl groups excluding tert-OH is 1. The molecule has 3 rings (SSSR count). The fourth-order valence-electron chi connectivity index (χ4n) is 2.79. The number of carboxylic acid groups (broad SMARTS) is 1. The molecule has 0 saturated heterocycles. The van der Waals surface area contributed by atoms with E-state index in [1.165, 1.54) is 0 Å². The molecule has 1 heterocycles. The fraction of sp³-hybridized carbons (Fsp3) is 0.286. The first-order valence-corrected chi connectivity index (χ1v) is 8.38. The average Bonchev–Trinajstić information content (AvgIpc) is 2.83. The Morgan fingerprint density at radius 1 is 1.00 bits per heavy atom. The summed E-state index contributed by atoms with van der Waals surface area (Å²) in [6, 6.07) is 12.8. The van der Waals surface area contributed by atoms with Crippen molar-refractivity contribution in [2.75, 3.05) is 13.2 Å². The van der Waals surface area contributed by atoms with Crippen LogP contribution in [0.3, 0.4) is 0 Å². The van der Waals surface area contributed by atoms with E-state index in [2.05, 4.69) is 0 Å². The molecule has 0 radical (unpaired) electrons. The van der Waals surface area contributed by atoms with Crippen molar-refractivity contribution >= 4 is 17.5 Å². The average molecular weight is 386 g/mol. The van der Waals surface area contributed by atoms with Crippen LogP contribution in [-0.2, 0) is 16.0 Å². The Labute approximate surface area is 162 Å². The molecule has 0 saturated carbocycles. The largest absolute Gasteiger partial charge is 0.487 e. The van der Waals surface area contributed by atoms with Gasteiger partial charge in [0.2, 0.25) is 5.78 Å². The van der Waals surface area contributed by atoms with Crippen LogP contribution in [-0.4, -0.2) is 47.1 Å². The standard InChI is InChI=1S/C20H18O7.CH4/c21-14-10-26-18-8-13(6-12-4-2-1-3-5-12)7-15(19(18)27-11-14)16(22)9-17(23)20(24)25;/h1-5,7-8,14,21H,6,9-11H2,(H,24,25);1H4. The number of aliphatic carboxylic acids is 1. The van der Waals surface area contributed by atoms with Crippen LogP contribution in [0.15, 0.2) is 42.5 Å². The molecule has 0 spiro atoms. The van der Waals surface area contributed by atoms with Gasteiger partial charge in [0.05, 0.1) is 12.0 Å². The Balaban J connectivity index is 0.00000280. The Bertz CT molecular complexity index is 874. The third kappa shape index (κ3) is 4.95. The molecule has 148 valence electrons. The maximum absolute atomic E-state index is 12.5. The van der Waals surface area contributed by atoms with Crippen LogP contribution in [0.1, 0.15) is 35.3 Å². The highest BCUT2D eigenvalue weighted by Gasteiger charge is 2.26. The minimum atomic E-state index is -1.66. The monoisotopic (exact) mass is 386 g/mol. The highest BCUT2D eigenvalue weighted by atomic mass is 16.5. The molecule has 1 unspecified atom stereocenters. The zero-order chi connectivity index (χ0) is 19.4. The SMILES string of the molecule is C.O=C(O)C(=O)CC(=O)c1cc(Cc2ccccc2)cc2c1OCC(O)CO2. The van der Waals surface area contributed by atoms with Crippen molar-refractivity contribution in [2.45, 2.75) is 26.4 Å². The third-order valence-electron chi connectivity index (χ3n) is 4.08. The number of carbonyl (C=O) groups is 3. The zero-order valence-corrected chi connectivity index (χ0v) is 14.4. The summed E-state index contributed by atoms with van der Waals surface area (Å²) in [4.78, 5) is 34.8. The number of hydrogen-bond acceptors (Lipinski definition) is 6. The third-order valence-corrected chi connectivity index (χ3v) is 4.08. The van der Waals surface area contributed by atoms with E-state index in [9.17, 15) is 19.5 Å². The molecule has 0 fully saturated rings. The van der Waals surface area contributed by atoms with Gasteiger partial charge in [0.1, 0.15) is 19.3 Å². The van der Waals surface area contributed by atoms with Gasteiger partial charge in [-0.05, 0) is 29.7 Å². The van der Waals surface area contributed by atoms with Gasteiger partial charge in [-0.25, -0.2) is 4.79 Å². The van der Waals surface area contributed by atoms with Gasteiger partial charge in [0.15, 0.2) is 17.3 Å². The van der Waals surface area contributed by atoms with Crippen molar-refractivity contribution in [3.05, 3.63) is 59.2 Å². The summed E-state index contributed by atoms with van der Waals surface area (Å²) in [5, 5.41) is 18.5. The maximum Gasteiger partial charge on any atom is 0.372 e. The van der Waals surface area contributed by atoms with Crippen LogP contribution in [0.25, 0.3) is 0 Å². The number of carboxylic acids is 1. The molecule has 0 aliphatic carbocycles. The normalized spacial score (nSPS) is 15.1. The summed E-state index contributed by atoms with van der Waals surface area (Å²) in [6.07, 6.45) is -1.13. The topological polar surface area (TPSA) is 110 Å². The summed E-state index contributed by atoms with van der Waals surface area (Å²) in [5.41, 5.74) is 1.82. The van der Waals surface area contributed by atoms with E-state index in [1.54, 1.807) is 12.1 Å². The maximum atomic E-state index is 12.5. The van der Waals surface area contributed by atoms with Crippen LogP contribution >= 0.6 is 0 Å². The summed E-state index contributed by atoms with van der Waals surface area (Å²) >= 11 is 0. The lowest BCUT2D eigenvalue weighted by Gasteiger charge is -2.14. The lowest BCUT2D eigenvalue weighted by molar-refractivity contribution is -0.148. The first-order valence-electron chi connectivity index (χ1n) is 8.38. The Morgan fingerprint density at radius 2 is 1.68 bits per heavy atom. The highest BCUT2D eigenvalue weighted by Crippen LogP contribution is 2.36. The van der Waals surface area contributed by atoms with Gasteiger partial charge < -0.3 is 19.7 Å². The van der Waals surface area contributed by atoms with Gasteiger partial charge in [-0.2, -0.15) is 0 Å². The van der Waals surface area contributed by atoms with Gasteiger partial charge in [-0.3, -0.25) is 9.59 Å². The van der Waals surface area contributed by atoms with Crippen molar-refractivity contribution in [1.82, 2.24) is 0 Å². The van der Waals surface area contributed by atoms with Gasteiger partial charge in [0.25, 0.3) is 0 Å². The predicted octanol–water partition coefficient (Wildman–Crippen LogP) is 2.27. The van der Waals surface area contributed by atoms with Crippen LogP contribution in [0.2, 0.25) is 0 Å². The van der Waals surface area contributed by atoms with Crippen molar-refractivity contribution in [1.29, 1.82) is 0 Å². The summed E-state index contributed by atoms with van der Waals surface area (Å²) in [6.45, 7) is -0.0678. The lowest BCUT2D eigenvalue weighted by Crippen LogP contribution is -2.22. The van der Waals surface area contributed by atoms with Gasteiger partial charge in [-0.15, -0.1) is 0 Å². The molecule has 2 aromatic carbocycles. The minimum Gasteiger partial charge on any atom is -0.487 e. The number of rotatable bonds is 6. The fourth-order valence-corrected chi connectivity index (χ4v) is 2.79. The first-order chi connectivity index (χ1) is 12.9. The molecular weight excluding hydrogens is 364 g/mol. The first kappa shape index (κ1) is 21.1. The Kier molecular flexibility index (Phi) is 6.89. The second-order valence-corrected chi connectivity index (χ2v) is 6.24. The number of Topliss-reactive ketones (excluding diaryl/α,β-unsaturated/α-hetero) is 2. The number of ketones is 2. The van der Waals surface area contributed by atoms with Crippen molar-refractivity contribution in [3.63, 3.8) is 0 Å². The van der Waals surface area contributed by atoms with E-state index in [0.717, 1.165) is 11.1 Å². The number of fused-ring (bicyclic) bond motifs is 1. The molecule has 7 nitrogen and oxygen atoms in total. The van der Waals surface area contributed by atoms with Crippen LogP contribution in [0, 0.1) is 0 Å². The molecule has 7 heteroatoms. The van der Waals surface area contributed by atoms with E-state index < -0.39 is 30.1 Å². The lowest BCUT2D eigenvalue weighted by atomic mass is 9.97. The summed E-state index contributed by atoms with van der Waals surface area (Å²) < 4.78 is 11.1. The second-order valence-electron chi connectivity index (χ2n) is 6.24. The highest BCUT2D eigenvalue weighted by molar-refractivity contribution is 6.37. The molecule has 1 aliphatic rings. The van der Waals surface area contributed by atoms with E-state index in [0.29, 0.717) is 6.42 Å². The minimum absolute atomic E-state index is 0. The van der Waals surface area contributed by atoms with Crippen LogP contribution in [0.5, 0.6) is 11.5 Å². The molecule has 28 heavy (non-hydrogen) atoms. The van der Waals surface area contributed by atoms with Crippen molar-refractivity contribution in [3.8, 4) is 11.5 Å². The molecule has 2 N–H and O–H groups in total. The quantitative estimate of drug-likeness (QED) is 0.445. The van der Waals surface area contributed by atoms with E-state index in [4.69, 9.17) is 14.6 Å². The molecule has 0 aromatic heterocycles. The number of aliphatic hydroxyl groups is 1. The van der Waals surface area contributed by atoms with Crippen molar-refractivity contribution < 1.29 is 34.1 Å². The molecule has 0 amide bonds. The predicted molar refractivity (Wildman–Crippen MR) is 101 cm³/mol. The number of benzene rings is 2. The molecule has 0 bridgehead atoms. The van der Waals surface area contributed by atoms with Gasteiger partial charge >= 0.3 is 5.97 Å². The summed E-state index contributed by atoms with van der Waals surface area (Å²) in [5.74, 6) is -3.13. The van der Waals surface area contributed by atoms with Gasteiger partial charge in [0, 0.05) is 0 Å². The van der Waals surface area contributed by atoms with Crippen LogP contribution in [0.4, 0.5) is 0 Å². The second kappa shape index (κ2) is 9.14. The molecule has 1 aliphatic heterocycles. The molecular formula is C21H22O7. The van der Waals surface area contributed by atoms with E-state index in [-0.39, 0.29) is 37.7 Å². The Morgan fingerprint density at radius 3 is 2.36 bits per heavy atom. The van der Waals surface area contributed by atoms with E-state index >= 15 is 0 Å². The number of carbonyl (C=O) groups excluding carboxylic acids is 2. The molecule has 1 atom stereocenters. The van der Waals surface area contributed by atoms with Crippen LogP contribution < -0.4 is 9.47 Å². The Hall–Kier alpha value is -3.19. The zero-order valence-electron chi connectivity index (χ0n) is 14.4. The smallest absolute Gasteiger partial charge is 0.372 e. The van der Waals surface area contributed by atoms with Gasteiger partial charge in [-0.1, -0.05) is 37.8 Å². The molecule has 2 aromatic rings. The number of hydrogen-bond donors (Lipinski definition) is 2.